The van der Waals surface area contributed by atoms with E-state index >= 15 is 0 Å². The van der Waals surface area contributed by atoms with Crippen LogP contribution in [0.25, 0.3) is 0 Å². The topological polar surface area (TPSA) is 78.5 Å². The maximum atomic E-state index is 12.2. The summed E-state index contributed by atoms with van der Waals surface area (Å²) in [6.07, 6.45) is 1.09. The third-order valence-corrected chi connectivity index (χ3v) is 5.39. The Kier molecular flexibility index (Phi) is 5.77. The molecule has 1 aliphatic rings. The second kappa shape index (κ2) is 7.47. The zero-order valence-corrected chi connectivity index (χ0v) is 16.1. The van der Waals surface area contributed by atoms with Gasteiger partial charge in [0.05, 0.1) is 0 Å². The number of nitrogens with one attached hydrogen (secondary N) is 2. The zero-order valence-electron chi connectivity index (χ0n) is 15.3. The standard InChI is InChI=1S/C18H25N3O3S/c1-6-12(3)25-13-7-8-14(11(2)9-13)19-15(22)10-21-16(23)18(4,5)20-17(21)24/h7-9,12H,6,10H2,1-5H3,(H,19,22)(H,20,24)/t12-/m0/s1. The van der Waals surface area contributed by atoms with Crippen LogP contribution >= 0.6 is 11.8 Å². The van der Waals surface area contributed by atoms with Crippen LogP contribution in [0.2, 0.25) is 0 Å². The lowest BCUT2D eigenvalue weighted by molar-refractivity contribution is -0.132. The summed E-state index contributed by atoms with van der Waals surface area (Å²) in [5.41, 5.74) is 0.659. The van der Waals surface area contributed by atoms with E-state index in [1.807, 2.05) is 25.1 Å². The van der Waals surface area contributed by atoms with Crippen molar-refractivity contribution in [3.05, 3.63) is 23.8 Å². The maximum absolute atomic E-state index is 12.2. The number of hydrogen-bond acceptors (Lipinski definition) is 4. The molecule has 0 aromatic heterocycles. The summed E-state index contributed by atoms with van der Waals surface area (Å²) in [5, 5.41) is 5.87. The second-order valence-corrected chi connectivity index (χ2v) is 8.32. The first kappa shape index (κ1) is 19.3. The summed E-state index contributed by atoms with van der Waals surface area (Å²) < 4.78 is 0. The quantitative estimate of drug-likeness (QED) is 0.601. The van der Waals surface area contributed by atoms with Crippen LogP contribution in [-0.2, 0) is 9.59 Å². The summed E-state index contributed by atoms with van der Waals surface area (Å²) >= 11 is 1.79. The number of nitrogens with zero attached hydrogens (tertiary/aromatic N) is 1. The Morgan fingerprint density at radius 2 is 2.04 bits per heavy atom. The van der Waals surface area contributed by atoms with Crippen molar-refractivity contribution in [3.8, 4) is 0 Å². The van der Waals surface area contributed by atoms with Gasteiger partial charge in [-0.1, -0.05) is 13.8 Å². The minimum atomic E-state index is -0.970. The van der Waals surface area contributed by atoms with Crippen molar-refractivity contribution in [3.63, 3.8) is 0 Å². The van der Waals surface area contributed by atoms with Crippen LogP contribution in [-0.4, -0.2) is 40.1 Å². The summed E-state index contributed by atoms with van der Waals surface area (Å²) in [6.45, 7) is 9.18. The zero-order chi connectivity index (χ0) is 18.8. The molecular formula is C18H25N3O3S. The van der Waals surface area contributed by atoms with Gasteiger partial charge < -0.3 is 10.6 Å². The Bertz CT molecular complexity index is 703. The lowest BCUT2D eigenvalue weighted by Crippen LogP contribution is -2.41. The molecule has 1 fully saturated rings. The molecule has 4 amide bonds. The predicted octanol–water partition coefficient (Wildman–Crippen LogP) is 3.15. The van der Waals surface area contributed by atoms with Gasteiger partial charge in [0.1, 0.15) is 12.1 Å². The van der Waals surface area contributed by atoms with Crippen molar-refractivity contribution >= 4 is 35.3 Å². The highest BCUT2D eigenvalue weighted by atomic mass is 32.2. The van der Waals surface area contributed by atoms with Crippen molar-refractivity contribution in [2.45, 2.75) is 56.7 Å². The molecule has 0 saturated carbocycles. The monoisotopic (exact) mass is 363 g/mol. The van der Waals surface area contributed by atoms with Gasteiger partial charge in [0, 0.05) is 15.8 Å². The number of hydrogen-bond donors (Lipinski definition) is 2. The number of imide groups is 1. The highest BCUT2D eigenvalue weighted by Gasteiger charge is 2.44. The fourth-order valence-corrected chi connectivity index (χ4v) is 3.48. The van der Waals surface area contributed by atoms with E-state index in [1.165, 1.54) is 0 Å². The molecule has 1 atom stereocenters. The summed E-state index contributed by atoms with van der Waals surface area (Å²) in [7, 11) is 0. The van der Waals surface area contributed by atoms with E-state index in [-0.39, 0.29) is 6.54 Å². The van der Waals surface area contributed by atoms with Crippen molar-refractivity contribution in [2.24, 2.45) is 0 Å². The first-order valence-corrected chi connectivity index (χ1v) is 9.23. The number of anilines is 1. The van der Waals surface area contributed by atoms with Crippen LogP contribution in [0.15, 0.2) is 23.1 Å². The minimum Gasteiger partial charge on any atom is -0.324 e. The Morgan fingerprint density at radius 1 is 1.36 bits per heavy atom. The highest BCUT2D eigenvalue weighted by Crippen LogP contribution is 2.28. The third-order valence-electron chi connectivity index (χ3n) is 4.13. The summed E-state index contributed by atoms with van der Waals surface area (Å²) in [4.78, 5) is 38.3. The first-order valence-electron chi connectivity index (χ1n) is 8.35. The molecule has 0 bridgehead atoms. The van der Waals surface area contributed by atoms with Gasteiger partial charge in [0.25, 0.3) is 5.91 Å². The molecule has 0 radical (unpaired) electrons. The number of rotatable bonds is 6. The van der Waals surface area contributed by atoms with Crippen LogP contribution in [0.5, 0.6) is 0 Å². The molecule has 6 nitrogen and oxygen atoms in total. The first-order chi connectivity index (χ1) is 11.6. The van der Waals surface area contributed by atoms with E-state index in [0.717, 1.165) is 21.8 Å². The number of amides is 4. The number of thioether (sulfide) groups is 1. The second-order valence-electron chi connectivity index (χ2n) is 6.81. The van der Waals surface area contributed by atoms with E-state index in [4.69, 9.17) is 0 Å². The van der Waals surface area contributed by atoms with E-state index in [0.29, 0.717) is 10.9 Å². The molecule has 0 unspecified atom stereocenters. The van der Waals surface area contributed by atoms with Gasteiger partial charge in [-0.25, -0.2) is 4.79 Å². The van der Waals surface area contributed by atoms with Crippen molar-refractivity contribution in [1.82, 2.24) is 10.2 Å². The average Bonchev–Trinajstić information content (AvgIpc) is 2.71. The molecular weight excluding hydrogens is 338 g/mol. The molecule has 136 valence electrons. The van der Waals surface area contributed by atoms with E-state index < -0.39 is 23.4 Å². The number of aryl methyl sites for hydroxylation is 1. The molecule has 2 rings (SSSR count). The van der Waals surface area contributed by atoms with E-state index in [1.54, 1.807) is 25.6 Å². The predicted molar refractivity (Wildman–Crippen MR) is 99.7 cm³/mol. The van der Waals surface area contributed by atoms with Crippen LogP contribution < -0.4 is 10.6 Å². The Labute approximate surface area is 152 Å². The lowest BCUT2D eigenvalue weighted by Gasteiger charge is -2.16. The molecule has 7 heteroatoms. The van der Waals surface area contributed by atoms with Crippen molar-refractivity contribution in [1.29, 1.82) is 0 Å². The van der Waals surface area contributed by atoms with Gasteiger partial charge >= 0.3 is 6.03 Å². The third kappa shape index (κ3) is 4.54. The summed E-state index contributed by atoms with van der Waals surface area (Å²) in [5.74, 6) is -0.795. The van der Waals surface area contributed by atoms with Crippen molar-refractivity contribution in [2.75, 3.05) is 11.9 Å². The summed E-state index contributed by atoms with van der Waals surface area (Å²) in [6, 6.07) is 5.31. The molecule has 1 aromatic carbocycles. The van der Waals surface area contributed by atoms with Gasteiger partial charge in [-0.3, -0.25) is 14.5 Å². The normalized spacial score (nSPS) is 17.4. The SMILES string of the molecule is CC[C@H](C)Sc1ccc(NC(=O)CN2C(=O)NC(C)(C)C2=O)c(C)c1. The van der Waals surface area contributed by atoms with E-state index in [9.17, 15) is 14.4 Å². The van der Waals surface area contributed by atoms with Crippen LogP contribution in [0.1, 0.15) is 39.7 Å². The van der Waals surface area contributed by atoms with Gasteiger partial charge in [0.15, 0.2) is 0 Å². The molecule has 0 spiro atoms. The number of benzene rings is 1. The Hall–Kier alpha value is -2.02. The Balaban J connectivity index is 2.01. The smallest absolute Gasteiger partial charge is 0.324 e. The Morgan fingerprint density at radius 3 is 2.56 bits per heavy atom. The lowest BCUT2D eigenvalue weighted by atomic mass is 10.1. The van der Waals surface area contributed by atoms with Gasteiger partial charge in [0.2, 0.25) is 5.91 Å². The molecule has 1 saturated heterocycles. The molecule has 0 aliphatic carbocycles. The van der Waals surface area contributed by atoms with Crippen LogP contribution in [0.4, 0.5) is 10.5 Å². The number of carbonyl (C=O) groups is 3. The molecule has 1 heterocycles. The fourth-order valence-electron chi connectivity index (χ4n) is 2.46. The minimum absolute atomic E-state index is 0.295. The molecule has 1 aromatic rings. The van der Waals surface area contributed by atoms with Crippen LogP contribution in [0.3, 0.4) is 0 Å². The maximum Gasteiger partial charge on any atom is 0.325 e. The molecule has 1 aliphatic heterocycles. The molecule has 2 N–H and O–H groups in total. The number of urea groups is 1. The van der Waals surface area contributed by atoms with Crippen molar-refractivity contribution < 1.29 is 14.4 Å². The van der Waals surface area contributed by atoms with Gasteiger partial charge in [-0.05, 0) is 51.0 Å². The van der Waals surface area contributed by atoms with E-state index in [2.05, 4.69) is 24.5 Å². The largest absolute Gasteiger partial charge is 0.325 e. The number of carbonyl (C=O) groups excluding carboxylic acids is 3. The molecule has 25 heavy (non-hydrogen) atoms. The van der Waals surface area contributed by atoms with Gasteiger partial charge in [-0.15, -0.1) is 11.8 Å². The fraction of sp³-hybridized carbons (Fsp3) is 0.500. The van der Waals surface area contributed by atoms with Crippen LogP contribution in [0, 0.1) is 6.92 Å². The average molecular weight is 363 g/mol. The van der Waals surface area contributed by atoms with Gasteiger partial charge in [-0.2, -0.15) is 0 Å². The highest BCUT2D eigenvalue weighted by molar-refractivity contribution is 7.99.